The lowest BCUT2D eigenvalue weighted by atomic mass is 10.0. The van der Waals surface area contributed by atoms with E-state index in [-0.39, 0.29) is 18.2 Å². The Morgan fingerprint density at radius 1 is 1.30 bits per heavy atom. The highest BCUT2D eigenvalue weighted by molar-refractivity contribution is 5.82. The first-order valence-corrected chi connectivity index (χ1v) is 7.05. The van der Waals surface area contributed by atoms with Gasteiger partial charge in [0.05, 0.1) is 25.4 Å². The number of hydrogen-bond donors (Lipinski definition) is 1. The van der Waals surface area contributed by atoms with Gasteiger partial charge < -0.3 is 19.2 Å². The van der Waals surface area contributed by atoms with Crippen molar-refractivity contribution in [2.24, 2.45) is 0 Å². The Morgan fingerprint density at radius 3 is 2.90 bits per heavy atom. The van der Waals surface area contributed by atoms with Crippen molar-refractivity contribution < 1.29 is 13.9 Å². The molecule has 0 radical (unpaired) electrons. The standard InChI is InChI=1S/C16H21NO3/c1-10(17-13-8-19-9-15(13)18-3)16-11(2)20-14-7-5-4-6-12(14)16/h4-7,10,13,15,17H,8-9H2,1-3H3/t10?,13-,15+/m0/s1. The first kappa shape index (κ1) is 13.6. The monoisotopic (exact) mass is 275 g/mol. The maximum absolute atomic E-state index is 5.84. The summed E-state index contributed by atoms with van der Waals surface area (Å²) < 4.78 is 16.8. The van der Waals surface area contributed by atoms with Crippen LogP contribution in [0, 0.1) is 6.92 Å². The molecule has 0 amide bonds. The quantitative estimate of drug-likeness (QED) is 0.932. The molecule has 1 unspecified atom stereocenters. The molecule has 1 fully saturated rings. The van der Waals surface area contributed by atoms with Crippen molar-refractivity contribution in [1.29, 1.82) is 0 Å². The number of rotatable bonds is 4. The highest BCUT2D eigenvalue weighted by Gasteiger charge is 2.30. The van der Waals surface area contributed by atoms with Crippen molar-refractivity contribution in [3.05, 3.63) is 35.6 Å². The molecule has 4 nitrogen and oxygen atoms in total. The predicted octanol–water partition coefficient (Wildman–Crippen LogP) is 2.81. The molecule has 1 N–H and O–H groups in total. The number of para-hydroxylation sites is 1. The fourth-order valence-corrected chi connectivity index (χ4v) is 3.05. The van der Waals surface area contributed by atoms with Crippen LogP contribution >= 0.6 is 0 Å². The first-order chi connectivity index (χ1) is 9.70. The number of nitrogens with one attached hydrogen (secondary N) is 1. The van der Waals surface area contributed by atoms with E-state index in [2.05, 4.69) is 18.3 Å². The van der Waals surface area contributed by atoms with Gasteiger partial charge in [0.2, 0.25) is 0 Å². The van der Waals surface area contributed by atoms with Crippen molar-refractivity contribution in [1.82, 2.24) is 5.32 Å². The van der Waals surface area contributed by atoms with Crippen LogP contribution < -0.4 is 5.32 Å². The smallest absolute Gasteiger partial charge is 0.134 e. The molecule has 0 bridgehead atoms. The highest BCUT2D eigenvalue weighted by atomic mass is 16.5. The molecular formula is C16H21NO3. The van der Waals surface area contributed by atoms with E-state index < -0.39 is 0 Å². The molecule has 1 aromatic carbocycles. The third kappa shape index (κ3) is 2.35. The third-order valence-corrected chi connectivity index (χ3v) is 4.05. The van der Waals surface area contributed by atoms with Crippen molar-refractivity contribution in [2.75, 3.05) is 20.3 Å². The van der Waals surface area contributed by atoms with E-state index in [0.717, 1.165) is 11.3 Å². The zero-order valence-electron chi connectivity index (χ0n) is 12.2. The van der Waals surface area contributed by atoms with E-state index in [0.29, 0.717) is 13.2 Å². The number of hydrogen-bond acceptors (Lipinski definition) is 4. The summed E-state index contributed by atoms with van der Waals surface area (Å²) in [6.07, 6.45) is 0.121. The van der Waals surface area contributed by atoms with Gasteiger partial charge in [-0.2, -0.15) is 0 Å². The van der Waals surface area contributed by atoms with Crippen LogP contribution in [-0.2, 0) is 9.47 Å². The molecule has 108 valence electrons. The molecular weight excluding hydrogens is 254 g/mol. The number of benzene rings is 1. The number of ether oxygens (including phenoxy) is 2. The van der Waals surface area contributed by atoms with Gasteiger partial charge in [0.15, 0.2) is 0 Å². The summed E-state index contributed by atoms with van der Waals surface area (Å²) in [6.45, 7) is 5.53. The summed E-state index contributed by atoms with van der Waals surface area (Å²) in [5, 5.41) is 4.78. The number of fused-ring (bicyclic) bond motifs is 1. The van der Waals surface area contributed by atoms with Crippen LogP contribution in [0.2, 0.25) is 0 Å². The minimum atomic E-state index is 0.121. The molecule has 0 spiro atoms. The van der Waals surface area contributed by atoms with E-state index in [4.69, 9.17) is 13.9 Å². The molecule has 1 aliphatic heterocycles. The molecule has 3 rings (SSSR count). The van der Waals surface area contributed by atoms with Gasteiger partial charge in [-0.25, -0.2) is 0 Å². The van der Waals surface area contributed by atoms with Crippen molar-refractivity contribution in [3.63, 3.8) is 0 Å². The van der Waals surface area contributed by atoms with Gasteiger partial charge in [0.1, 0.15) is 11.3 Å². The Labute approximate surface area is 119 Å². The van der Waals surface area contributed by atoms with Gasteiger partial charge in [-0.3, -0.25) is 0 Å². The van der Waals surface area contributed by atoms with Crippen molar-refractivity contribution >= 4 is 11.0 Å². The molecule has 1 saturated heterocycles. The number of aryl methyl sites for hydroxylation is 1. The second-order valence-corrected chi connectivity index (χ2v) is 5.37. The fourth-order valence-electron chi connectivity index (χ4n) is 3.05. The van der Waals surface area contributed by atoms with Crippen molar-refractivity contribution in [2.45, 2.75) is 32.0 Å². The molecule has 4 heteroatoms. The Morgan fingerprint density at radius 2 is 2.10 bits per heavy atom. The summed E-state index contributed by atoms with van der Waals surface area (Å²) >= 11 is 0. The summed E-state index contributed by atoms with van der Waals surface area (Å²) in [5.74, 6) is 0.971. The maximum Gasteiger partial charge on any atom is 0.134 e. The fraction of sp³-hybridized carbons (Fsp3) is 0.500. The SMILES string of the molecule is CO[C@@H]1COC[C@@H]1NC(C)c1c(C)oc2ccccc12. The van der Waals surface area contributed by atoms with Crippen LogP contribution in [0.25, 0.3) is 11.0 Å². The van der Waals surface area contributed by atoms with Crippen LogP contribution in [0.3, 0.4) is 0 Å². The molecule has 1 aliphatic rings. The Balaban J connectivity index is 1.85. The lowest BCUT2D eigenvalue weighted by Crippen LogP contribution is -2.41. The second kappa shape index (κ2) is 5.56. The molecule has 20 heavy (non-hydrogen) atoms. The van der Waals surface area contributed by atoms with Crippen LogP contribution in [0.1, 0.15) is 24.3 Å². The first-order valence-electron chi connectivity index (χ1n) is 7.05. The van der Waals surface area contributed by atoms with E-state index in [1.807, 2.05) is 25.1 Å². The number of furan rings is 1. The molecule has 3 atom stereocenters. The molecule has 0 aliphatic carbocycles. The average Bonchev–Trinajstić information content (AvgIpc) is 3.01. The van der Waals surface area contributed by atoms with Crippen molar-refractivity contribution in [3.8, 4) is 0 Å². The summed E-state index contributed by atoms with van der Waals surface area (Å²) in [5.41, 5.74) is 2.17. The van der Waals surface area contributed by atoms with E-state index in [1.54, 1.807) is 7.11 Å². The van der Waals surface area contributed by atoms with Crippen LogP contribution in [-0.4, -0.2) is 32.5 Å². The summed E-state index contributed by atoms with van der Waals surface area (Å²) in [4.78, 5) is 0. The van der Waals surface area contributed by atoms with Crippen LogP contribution in [0.15, 0.2) is 28.7 Å². The zero-order chi connectivity index (χ0) is 14.1. The number of methoxy groups -OCH3 is 1. The highest BCUT2D eigenvalue weighted by Crippen LogP contribution is 2.31. The molecule has 1 aromatic heterocycles. The van der Waals surface area contributed by atoms with Gasteiger partial charge in [-0.15, -0.1) is 0 Å². The predicted molar refractivity (Wildman–Crippen MR) is 77.9 cm³/mol. The van der Waals surface area contributed by atoms with Gasteiger partial charge in [0, 0.05) is 24.1 Å². The molecule has 2 heterocycles. The topological polar surface area (TPSA) is 43.6 Å². The zero-order valence-corrected chi connectivity index (χ0v) is 12.2. The molecule has 2 aromatic rings. The Bertz CT molecular complexity index is 592. The van der Waals surface area contributed by atoms with E-state index in [1.165, 1.54) is 10.9 Å². The lowest BCUT2D eigenvalue weighted by Gasteiger charge is -2.22. The van der Waals surface area contributed by atoms with Gasteiger partial charge in [-0.05, 0) is 19.9 Å². The lowest BCUT2D eigenvalue weighted by molar-refractivity contribution is 0.0720. The largest absolute Gasteiger partial charge is 0.461 e. The average molecular weight is 275 g/mol. The van der Waals surface area contributed by atoms with E-state index in [9.17, 15) is 0 Å². The van der Waals surface area contributed by atoms with Gasteiger partial charge >= 0.3 is 0 Å². The van der Waals surface area contributed by atoms with Crippen LogP contribution in [0.4, 0.5) is 0 Å². The van der Waals surface area contributed by atoms with Gasteiger partial charge in [0.25, 0.3) is 0 Å². The Hall–Kier alpha value is -1.36. The second-order valence-electron chi connectivity index (χ2n) is 5.37. The molecule has 0 saturated carbocycles. The minimum Gasteiger partial charge on any atom is -0.461 e. The third-order valence-electron chi connectivity index (χ3n) is 4.05. The van der Waals surface area contributed by atoms with E-state index >= 15 is 0 Å². The summed E-state index contributed by atoms with van der Waals surface area (Å²) in [6, 6.07) is 8.59. The maximum atomic E-state index is 5.84. The normalized spacial score (nSPS) is 24.4. The Kier molecular flexibility index (Phi) is 3.78. The van der Waals surface area contributed by atoms with Gasteiger partial charge in [-0.1, -0.05) is 18.2 Å². The summed E-state index contributed by atoms with van der Waals surface area (Å²) in [7, 11) is 1.73. The minimum absolute atomic E-state index is 0.121. The van der Waals surface area contributed by atoms with Crippen LogP contribution in [0.5, 0.6) is 0 Å².